The third-order valence-corrected chi connectivity index (χ3v) is 7.17. The summed E-state index contributed by atoms with van der Waals surface area (Å²) in [6.07, 6.45) is -1.50. The second kappa shape index (κ2) is 10.6. The fourth-order valence-electron chi connectivity index (χ4n) is 5.49. The number of rotatable bonds is 6. The van der Waals surface area contributed by atoms with Crippen LogP contribution in [0.2, 0.25) is 0 Å². The molecule has 1 amide bonds. The zero-order valence-corrected chi connectivity index (χ0v) is 23.8. The van der Waals surface area contributed by atoms with E-state index in [0.717, 1.165) is 22.3 Å². The lowest BCUT2D eigenvalue weighted by Crippen LogP contribution is -2.46. The number of carbonyl (C=O) groups excluding carboxylic acids is 3. The molecule has 2 aromatic carbocycles. The first-order valence-corrected chi connectivity index (χ1v) is 13.4. The summed E-state index contributed by atoms with van der Waals surface area (Å²) in [5.74, 6) is -4.42. The Morgan fingerprint density at radius 3 is 1.75 bits per heavy atom. The van der Waals surface area contributed by atoms with Crippen molar-refractivity contribution in [3.05, 3.63) is 59.7 Å². The topological polar surface area (TPSA) is 128 Å². The maximum Gasteiger partial charge on any atom is 0.407 e. The van der Waals surface area contributed by atoms with Gasteiger partial charge in [0.15, 0.2) is 5.41 Å². The maximum atomic E-state index is 13.4. The normalized spacial score (nSPS) is 19.8. The molecule has 40 heavy (non-hydrogen) atoms. The van der Waals surface area contributed by atoms with Crippen LogP contribution in [0.15, 0.2) is 48.5 Å². The number of aliphatic carboxylic acids is 1. The van der Waals surface area contributed by atoms with Gasteiger partial charge in [0, 0.05) is 12.0 Å². The lowest BCUT2D eigenvalue weighted by atomic mass is 9.84. The number of carboxylic acids is 1. The first kappa shape index (κ1) is 29.1. The van der Waals surface area contributed by atoms with Crippen LogP contribution in [0.4, 0.5) is 4.79 Å². The molecule has 2 N–H and O–H groups in total. The molecule has 2 atom stereocenters. The smallest absolute Gasteiger partial charge is 0.407 e. The summed E-state index contributed by atoms with van der Waals surface area (Å²) < 4.78 is 16.7. The van der Waals surface area contributed by atoms with Gasteiger partial charge in [-0.05, 0) is 76.6 Å². The Bertz CT molecular complexity index is 1250. The predicted octanol–water partition coefficient (Wildman–Crippen LogP) is 5.06. The highest BCUT2D eigenvalue weighted by atomic mass is 16.6. The first-order valence-electron chi connectivity index (χ1n) is 13.4. The van der Waals surface area contributed by atoms with Gasteiger partial charge in [0.1, 0.15) is 17.8 Å². The number of ether oxygens (including phenoxy) is 3. The highest BCUT2D eigenvalue weighted by Gasteiger charge is 2.61. The Labute approximate surface area is 234 Å². The molecule has 2 aromatic rings. The Morgan fingerprint density at radius 1 is 0.825 bits per heavy atom. The third kappa shape index (κ3) is 5.98. The number of amides is 1. The van der Waals surface area contributed by atoms with E-state index in [0.29, 0.717) is 0 Å². The van der Waals surface area contributed by atoms with Crippen LogP contribution in [-0.4, -0.2) is 53.0 Å². The second-order valence-corrected chi connectivity index (χ2v) is 12.5. The van der Waals surface area contributed by atoms with E-state index in [-0.39, 0.29) is 25.4 Å². The fourth-order valence-corrected chi connectivity index (χ4v) is 5.49. The van der Waals surface area contributed by atoms with Gasteiger partial charge >= 0.3 is 24.0 Å². The monoisotopic (exact) mass is 551 g/mol. The minimum absolute atomic E-state index is 0.0353. The molecule has 0 aliphatic heterocycles. The van der Waals surface area contributed by atoms with E-state index >= 15 is 0 Å². The SMILES string of the molecule is CC(C)(C)OC(=O)C1(C(=O)OC(C)(C)C)C[C@@H](NC(=O)OCC2c3ccccc3-c3ccccc32)[C@H](C(=O)O)C1. The molecule has 0 radical (unpaired) electrons. The van der Waals surface area contributed by atoms with Crippen LogP contribution < -0.4 is 5.32 Å². The molecule has 214 valence electrons. The number of alkyl carbamates (subject to hydrolysis) is 1. The number of nitrogens with one attached hydrogen (secondary N) is 1. The molecule has 1 saturated carbocycles. The summed E-state index contributed by atoms with van der Waals surface area (Å²) in [5.41, 5.74) is 0.475. The molecule has 0 heterocycles. The Hall–Kier alpha value is -3.88. The summed E-state index contributed by atoms with van der Waals surface area (Å²) >= 11 is 0. The highest BCUT2D eigenvalue weighted by molar-refractivity contribution is 6.02. The number of esters is 2. The summed E-state index contributed by atoms with van der Waals surface area (Å²) in [6, 6.07) is 14.8. The van der Waals surface area contributed by atoms with Gasteiger partial charge in [-0.25, -0.2) is 4.79 Å². The van der Waals surface area contributed by atoms with Crippen molar-refractivity contribution in [1.29, 1.82) is 0 Å². The van der Waals surface area contributed by atoms with Gasteiger partial charge < -0.3 is 24.6 Å². The molecule has 9 nitrogen and oxygen atoms in total. The van der Waals surface area contributed by atoms with Gasteiger partial charge in [0.25, 0.3) is 0 Å². The van der Waals surface area contributed by atoms with Crippen molar-refractivity contribution in [3.8, 4) is 11.1 Å². The molecule has 0 unspecified atom stereocenters. The fraction of sp³-hybridized carbons (Fsp3) is 0.484. The van der Waals surface area contributed by atoms with E-state index in [1.807, 2.05) is 48.5 Å². The van der Waals surface area contributed by atoms with Crippen molar-refractivity contribution in [2.75, 3.05) is 6.61 Å². The summed E-state index contributed by atoms with van der Waals surface area (Å²) in [4.78, 5) is 52.0. The van der Waals surface area contributed by atoms with E-state index in [2.05, 4.69) is 5.32 Å². The molecule has 0 spiro atoms. The summed E-state index contributed by atoms with van der Waals surface area (Å²) in [6.45, 7) is 9.97. The maximum absolute atomic E-state index is 13.4. The van der Waals surface area contributed by atoms with Crippen molar-refractivity contribution in [2.45, 2.75) is 77.5 Å². The van der Waals surface area contributed by atoms with Crippen LogP contribution in [-0.2, 0) is 28.6 Å². The number of fused-ring (bicyclic) bond motifs is 3. The molecule has 0 bridgehead atoms. The van der Waals surface area contributed by atoms with Gasteiger partial charge in [0.2, 0.25) is 0 Å². The molecule has 2 aliphatic rings. The predicted molar refractivity (Wildman–Crippen MR) is 146 cm³/mol. The average Bonchev–Trinajstić information content (AvgIpc) is 3.38. The van der Waals surface area contributed by atoms with Crippen molar-refractivity contribution in [3.63, 3.8) is 0 Å². The number of benzene rings is 2. The van der Waals surface area contributed by atoms with Gasteiger partial charge in [-0.1, -0.05) is 48.5 Å². The number of carboxylic acid groups (broad SMARTS) is 1. The second-order valence-electron chi connectivity index (χ2n) is 12.5. The molecular formula is C31H37NO8. The van der Waals surface area contributed by atoms with Crippen molar-refractivity contribution >= 4 is 24.0 Å². The van der Waals surface area contributed by atoms with Crippen LogP contribution in [0.25, 0.3) is 11.1 Å². The van der Waals surface area contributed by atoms with E-state index in [1.165, 1.54) is 0 Å². The lowest BCUT2D eigenvalue weighted by molar-refractivity contribution is -0.185. The van der Waals surface area contributed by atoms with E-state index in [1.54, 1.807) is 41.5 Å². The lowest BCUT2D eigenvalue weighted by Gasteiger charge is -2.32. The molecule has 4 rings (SSSR count). The summed E-state index contributed by atoms with van der Waals surface area (Å²) in [7, 11) is 0. The Morgan fingerprint density at radius 2 is 1.30 bits per heavy atom. The molecule has 0 saturated heterocycles. The number of hydrogen-bond donors (Lipinski definition) is 2. The van der Waals surface area contributed by atoms with Crippen LogP contribution in [0, 0.1) is 11.3 Å². The Kier molecular flexibility index (Phi) is 7.71. The van der Waals surface area contributed by atoms with E-state index in [9.17, 15) is 24.3 Å². The zero-order chi connectivity index (χ0) is 29.5. The van der Waals surface area contributed by atoms with Gasteiger partial charge in [-0.2, -0.15) is 0 Å². The van der Waals surface area contributed by atoms with E-state index in [4.69, 9.17) is 14.2 Å². The molecule has 9 heteroatoms. The Balaban J connectivity index is 1.53. The van der Waals surface area contributed by atoms with E-state index < -0.39 is 52.6 Å². The zero-order valence-electron chi connectivity index (χ0n) is 23.8. The van der Waals surface area contributed by atoms with Gasteiger partial charge in [-0.3, -0.25) is 14.4 Å². The quantitative estimate of drug-likeness (QED) is 0.290. The number of carbonyl (C=O) groups is 4. The molecule has 0 aromatic heterocycles. The highest BCUT2D eigenvalue weighted by Crippen LogP contribution is 2.47. The largest absolute Gasteiger partial charge is 0.481 e. The van der Waals surface area contributed by atoms with Crippen molar-refractivity contribution < 1.29 is 38.5 Å². The van der Waals surface area contributed by atoms with Crippen LogP contribution >= 0.6 is 0 Å². The molecule has 1 fully saturated rings. The molecule has 2 aliphatic carbocycles. The van der Waals surface area contributed by atoms with Crippen LogP contribution in [0.1, 0.15) is 71.4 Å². The third-order valence-electron chi connectivity index (χ3n) is 7.17. The van der Waals surface area contributed by atoms with Gasteiger partial charge in [-0.15, -0.1) is 0 Å². The first-order chi connectivity index (χ1) is 18.6. The van der Waals surface area contributed by atoms with Crippen molar-refractivity contribution in [2.24, 2.45) is 11.3 Å². The minimum Gasteiger partial charge on any atom is -0.481 e. The standard InChI is InChI=1S/C31H37NO8/c1-29(2,3)39-26(35)31(27(36)40-30(4,5)6)15-22(25(33)34)24(16-31)32-28(37)38-17-23-20-13-9-7-11-18(20)19-12-8-10-14-21(19)23/h7-14,22-24H,15-17H2,1-6H3,(H,32,37)(H,33,34)/t22-,24-/m1/s1. The molecular weight excluding hydrogens is 514 g/mol. The van der Waals surface area contributed by atoms with Crippen LogP contribution in [0.3, 0.4) is 0 Å². The number of hydrogen-bond acceptors (Lipinski definition) is 7. The van der Waals surface area contributed by atoms with Gasteiger partial charge in [0.05, 0.1) is 5.92 Å². The van der Waals surface area contributed by atoms with Crippen LogP contribution in [0.5, 0.6) is 0 Å². The van der Waals surface area contributed by atoms with Crippen molar-refractivity contribution in [1.82, 2.24) is 5.32 Å². The average molecular weight is 552 g/mol. The summed E-state index contributed by atoms with van der Waals surface area (Å²) in [5, 5.41) is 12.6. The minimum atomic E-state index is -1.90.